The van der Waals surface area contributed by atoms with Crippen molar-refractivity contribution in [1.29, 1.82) is 0 Å². The Hall–Kier alpha value is -9.55. The van der Waals surface area contributed by atoms with Gasteiger partial charge in [-0.3, -0.25) is 52.5 Å². The van der Waals surface area contributed by atoms with Gasteiger partial charge in [0.1, 0.15) is 33.7 Å². The summed E-state index contributed by atoms with van der Waals surface area (Å²) in [7, 11) is 3.08. The number of thiazole rings is 2. The second kappa shape index (κ2) is 23.6. The van der Waals surface area contributed by atoms with Crippen LogP contribution in [-0.2, 0) is 43.0 Å². The van der Waals surface area contributed by atoms with E-state index in [0.717, 1.165) is 39.4 Å². The fourth-order valence-corrected chi connectivity index (χ4v) is 11.7. The van der Waals surface area contributed by atoms with Crippen molar-refractivity contribution >= 4 is 86.9 Å². The number of carbonyl (C=O) groups is 7. The number of amides is 2. The molecular weight excluding hydrogens is 1080 g/mol. The van der Waals surface area contributed by atoms with Crippen molar-refractivity contribution in [3.8, 4) is 11.5 Å². The Kier molecular flexibility index (Phi) is 16.7. The van der Waals surface area contributed by atoms with Crippen LogP contribution in [0.4, 0.5) is 11.4 Å². The number of carbonyl (C=O) groups excluding carboxylic acids is 4. The van der Waals surface area contributed by atoms with E-state index in [0.29, 0.717) is 66.1 Å². The van der Waals surface area contributed by atoms with Crippen LogP contribution in [0, 0.1) is 0 Å². The van der Waals surface area contributed by atoms with Gasteiger partial charge < -0.3 is 34.3 Å². The molecular formula is C56H50N6O16S2. The zero-order valence-corrected chi connectivity index (χ0v) is 45.5. The van der Waals surface area contributed by atoms with Gasteiger partial charge in [0.05, 0.1) is 84.6 Å². The number of aromatic nitrogens is 2. The predicted octanol–water partition coefficient (Wildman–Crippen LogP) is 3.31. The summed E-state index contributed by atoms with van der Waals surface area (Å²) in [5, 5.41) is 26.2. The molecule has 2 amide bonds. The van der Waals surface area contributed by atoms with E-state index in [2.05, 4.69) is 9.98 Å². The Balaban J connectivity index is 0.000000197. The van der Waals surface area contributed by atoms with Crippen LogP contribution in [0.5, 0.6) is 11.5 Å². The summed E-state index contributed by atoms with van der Waals surface area (Å²) in [6.45, 7) is 7.02. The van der Waals surface area contributed by atoms with Gasteiger partial charge in [-0.15, -0.1) is 0 Å². The maximum absolute atomic E-state index is 14.0. The quantitative estimate of drug-likeness (QED) is 0.148. The highest BCUT2D eigenvalue weighted by molar-refractivity contribution is 7.07. The number of esters is 2. The summed E-state index contributed by atoms with van der Waals surface area (Å²) in [5.74, 6) is -4.33. The molecule has 80 heavy (non-hydrogen) atoms. The Morgan fingerprint density at radius 1 is 0.550 bits per heavy atom. The molecule has 4 aliphatic heterocycles. The lowest BCUT2D eigenvalue weighted by Gasteiger charge is -2.24. The number of anilines is 2. The molecule has 2 aromatic heterocycles. The second-order valence-electron chi connectivity index (χ2n) is 17.7. The summed E-state index contributed by atoms with van der Waals surface area (Å²) >= 11 is 2.05. The number of nitrogens with zero attached hydrogens (tertiary/aromatic N) is 6. The van der Waals surface area contributed by atoms with Gasteiger partial charge in [0.2, 0.25) is 0 Å². The van der Waals surface area contributed by atoms with Crippen molar-refractivity contribution in [3.63, 3.8) is 0 Å². The van der Waals surface area contributed by atoms with Gasteiger partial charge in [-0.25, -0.2) is 19.6 Å². The monoisotopic (exact) mass is 1130 g/mol. The van der Waals surface area contributed by atoms with Crippen LogP contribution in [0.15, 0.2) is 139 Å². The van der Waals surface area contributed by atoms with Crippen LogP contribution in [0.1, 0.15) is 69.0 Å². The average molecular weight is 1130 g/mol. The van der Waals surface area contributed by atoms with Gasteiger partial charge in [-0.2, -0.15) is 0 Å². The molecule has 2 unspecified atom stereocenters. The number of ether oxygens (including phenoxy) is 4. The Morgan fingerprint density at radius 2 is 0.887 bits per heavy atom. The van der Waals surface area contributed by atoms with Gasteiger partial charge in [0.25, 0.3) is 28.9 Å². The fraction of sp³-hybridized carbons (Fsp3) is 0.232. The lowest BCUT2D eigenvalue weighted by molar-refractivity contribution is -0.140. The standard InChI is InChI=1S/2C27H23N3O7S.C2H4O2/c2*1-4-37-26(35)20-14(2)28-27-30(22(20)15-9-11-16(36-3)12-10-15)25(34)23(38-27)21-17-7-5-6-8-18(17)29(24(21)33)13-19(31)32;1-2(3)4/h2*5-12,22H,4,13H2,1-3H3,(H,31,32);1H3,(H,3,4)/b2*23-21-;. The van der Waals surface area contributed by atoms with Crippen molar-refractivity contribution in [2.24, 2.45) is 9.98 Å². The smallest absolute Gasteiger partial charge is 0.338 e. The largest absolute Gasteiger partial charge is 0.497 e. The maximum atomic E-state index is 14.0. The first kappa shape index (κ1) is 56.6. The summed E-state index contributed by atoms with van der Waals surface area (Å²) in [4.78, 5) is 125. The zero-order valence-electron chi connectivity index (χ0n) is 43.9. The molecule has 0 aliphatic carbocycles. The fourth-order valence-electron chi connectivity index (χ4n) is 9.47. The van der Waals surface area contributed by atoms with Gasteiger partial charge in [0.15, 0.2) is 9.60 Å². The van der Waals surface area contributed by atoms with Gasteiger partial charge >= 0.3 is 23.9 Å². The molecule has 0 saturated carbocycles. The van der Waals surface area contributed by atoms with Gasteiger partial charge in [0, 0.05) is 18.1 Å². The topological polar surface area (TPSA) is 292 Å². The molecule has 24 heteroatoms. The predicted molar refractivity (Wildman–Crippen MR) is 291 cm³/mol. The highest BCUT2D eigenvalue weighted by Crippen LogP contribution is 2.38. The molecule has 6 aromatic rings. The van der Waals surface area contributed by atoms with Crippen molar-refractivity contribution < 1.29 is 67.8 Å². The first-order chi connectivity index (χ1) is 38.3. The third-order valence-corrected chi connectivity index (χ3v) is 14.8. The van der Waals surface area contributed by atoms with Crippen LogP contribution >= 0.6 is 22.7 Å². The Bertz CT molecular complexity index is 3760. The van der Waals surface area contributed by atoms with Crippen LogP contribution in [0.2, 0.25) is 0 Å². The lowest BCUT2D eigenvalue weighted by atomic mass is 9.96. The molecule has 4 aromatic carbocycles. The zero-order chi connectivity index (χ0) is 57.9. The lowest BCUT2D eigenvalue weighted by Crippen LogP contribution is -2.41. The Morgan fingerprint density at radius 3 is 1.20 bits per heavy atom. The summed E-state index contributed by atoms with van der Waals surface area (Å²) in [6, 6.07) is 25.7. The number of allylic oxidation sites excluding steroid dienone is 2. The number of methoxy groups -OCH3 is 2. The number of carboxylic acids is 3. The molecule has 0 spiro atoms. The molecule has 4 aliphatic rings. The summed E-state index contributed by atoms with van der Waals surface area (Å²) in [6.07, 6.45) is 0. The van der Waals surface area contributed by atoms with E-state index >= 15 is 0 Å². The number of benzene rings is 4. The SMILES string of the molecule is CC(=O)O.CCOC(=O)C1=C(C)N=c2s/c(=C3\C(=O)N(CC(=O)O)c4ccccc43)c(=O)n2C1c1ccc(OC)cc1.CCOC(=O)C1=C(C)N=c2s/c(=C3\C(=O)N(CC(=O)O)c4ccccc43)c(=O)n2C1c1ccc(OC)cc1. The molecule has 412 valence electrons. The number of rotatable bonds is 12. The molecule has 3 N–H and O–H groups in total. The third-order valence-electron chi connectivity index (χ3n) is 12.7. The van der Waals surface area contributed by atoms with Crippen LogP contribution in [0.25, 0.3) is 11.1 Å². The van der Waals surface area contributed by atoms with E-state index in [-0.39, 0.29) is 44.6 Å². The van der Waals surface area contributed by atoms with E-state index < -0.39 is 78.0 Å². The van der Waals surface area contributed by atoms with E-state index in [4.69, 9.17) is 28.8 Å². The van der Waals surface area contributed by atoms with E-state index in [1.54, 1.807) is 125 Å². The van der Waals surface area contributed by atoms with Crippen LogP contribution in [0.3, 0.4) is 0 Å². The van der Waals surface area contributed by atoms with Crippen molar-refractivity contribution in [2.45, 2.75) is 46.7 Å². The van der Waals surface area contributed by atoms with Crippen LogP contribution in [-0.4, -0.2) is 107 Å². The molecule has 0 radical (unpaired) electrons. The minimum Gasteiger partial charge on any atom is -0.497 e. The number of hydrogen-bond acceptors (Lipinski definition) is 17. The summed E-state index contributed by atoms with van der Waals surface area (Å²) < 4.78 is 24.2. The van der Waals surface area contributed by atoms with Gasteiger partial charge in [-0.05, 0) is 75.2 Å². The number of para-hydroxylation sites is 2. The number of hydrogen-bond donors (Lipinski definition) is 3. The first-order valence-corrected chi connectivity index (χ1v) is 26.1. The average Bonchev–Trinajstić information content (AvgIpc) is 4.12. The number of carboxylic acid groups (broad SMARTS) is 3. The van der Waals surface area contributed by atoms with Gasteiger partial charge in [-0.1, -0.05) is 83.3 Å². The molecule has 6 heterocycles. The second-order valence-corrected chi connectivity index (χ2v) is 19.6. The van der Waals surface area contributed by atoms with Crippen molar-refractivity contribution in [3.05, 3.63) is 181 Å². The minimum atomic E-state index is -1.18. The maximum Gasteiger partial charge on any atom is 0.338 e. The number of aliphatic carboxylic acids is 3. The highest BCUT2D eigenvalue weighted by atomic mass is 32.1. The van der Waals surface area contributed by atoms with Crippen molar-refractivity contribution in [1.82, 2.24) is 9.13 Å². The molecule has 0 bridgehead atoms. The summed E-state index contributed by atoms with van der Waals surface area (Å²) in [5.41, 5.74) is 3.43. The van der Waals surface area contributed by atoms with Crippen molar-refractivity contribution in [2.75, 3.05) is 50.3 Å². The molecule has 10 rings (SSSR count). The van der Waals surface area contributed by atoms with E-state index in [9.17, 15) is 48.6 Å². The third kappa shape index (κ3) is 10.7. The minimum absolute atomic E-state index is 0.109. The first-order valence-electron chi connectivity index (χ1n) is 24.4. The molecule has 0 fully saturated rings. The Labute approximate surface area is 461 Å². The normalized spacial score (nSPS) is 17.0. The molecule has 0 saturated heterocycles. The number of fused-ring (bicyclic) bond motifs is 4. The van der Waals surface area contributed by atoms with E-state index in [1.165, 1.54) is 23.4 Å². The molecule has 2 atom stereocenters. The molecule has 22 nitrogen and oxygen atoms in total. The van der Waals surface area contributed by atoms with Crippen LogP contribution < -0.4 is 49.1 Å². The van der Waals surface area contributed by atoms with E-state index in [1.807, 2.05) is 0 Å². The highest BCUT2D eigenvalue weighted by Gasteiger charge is 2.40.